The van der Waals surface area contributed by atoms with Crippen molar-refractivity contribution in [2.24, 2.45) is 5.73 Å². The van der Waals surface area contributed by atoms with Crippen LogP contribution in [0.5, 0.6) is 5.75 Å². The number of methoxy groups -OCH3 is 1. The monoisotopic (exact) mass is 292 g/mol. The maximum atomic E-state index is 13.9. The molecule has 2 rings (SSSR count). The Morgan fingerprint density at radius 1 is 1.43 bits per heavy atom. The second-order valence-corrected chi connectivity index (χ2v) is 4.41. The van der Waals surface area contributed by atoms with Crippen LogP contribution in [0, 0.1) is 5.82 Å². The second kappa shape index (κ2) is 6.85. The van der Waals surface area contributed by atoms with Gasteiger partial charge in [0.1, 0.15) is 11.6 Å². The number of nitrogens with two attached hydrogens (primary N) is 1. The van der Waals surface area contributed by atoms with Crippen LogP contribution in [0.4, 0.5) is 10.1 Å². The fourth-order valence-corrected chi connectivity index (χ4v) is 1.81. The quantitative estimate of drug-likeness (QED) is 0.823. The Bertz CT molecular complexity index is 672. The molecule has 0 fully saturated rings. The molecule has 0 aliphatic heterocycles. The van der Waals surface area contributed by atoms with Gasteiger partial charge in [-0.2, -0.15) is 5.10 Å². The van der Waals surface area contributed by atoms with E-state index in [0.29, 0.717) is 30.1 Å². The van der Waals surface area contributed by atoms with Crippen molar-refractivity contribution < 1.29 is 9.13 Å². The fourth-order valence-electron chi connectivity index (χ4n) is 1.81. The van der Waals surface area contributed by atoms with Gasteiger partial charge in [0.15, 0.2) is 0 Å². The number of aromatic nitrogens is 2. The van der Waals surface area contributed by atoms with E-state index in [1.54, 1.807) is 12.1 Å². The molecule has 0 aliphatic rings. The SMILES string of the molecule is COc1ccc(Cn2ncc(NCCN)cc2=O)c(F)c1. The first-order valence-corrected chi connectivity index (χ1v) is 6.47. The lowest BCUT2D eigenvalue weighted by Crippen LogP contribution is -2.24. The number of ether oxygens (including phenoxy) is 1. The van der Waals surface area contributed by atoms with E-state index >= 15 is 0 Å². The number of anilines is 1. The standard InChI is InChI=1S/C14H17FN4O2/c1-21-12-3-2-10(13(15)7-12)9-19-14(20)6-11(8-18-19)17-5-4-16/h2-3,6-8,17H,4-5,9,16H2,1H3. The van der Waals surface area contributed by atoms with E-state index in [-0.39, 0.29) is 12.1 Å². The largest absolute Gasteiger partial charge is 0.497 e. The third-order valence-electron chi connectivity index (χ3n) is 2.92. The molecule has 3 N–H and O–H groups in total. The molecule has 6 nitrogen and oxygen atoms in total. The van der Waals surface area contributed by atoms with E-state index < -0.39 is 5.82 Å². The minimum absolute atomic E-state index is 0.0613. The molecule has 7 heteroatoms. The van der Waals surface area contributed by atoms with Crippen LogP contribution in [0.25, 0.3) is 0 Å². The highest BCUT2D eigenvalue weighted by Gasteiger charge is 2.07. The number of rotatable bonds is 6. The topological polar surface area (TPSA) is 82.2 Å². The minimum Gasteiger partial charge on any atom is -0.497 e. The Hall–Kier alpha value is -2.41. The van der Waals surface area contributed by atoms with Crippen LogP contribution in [-0.2, 0) is 6.54 Å². The van der Waals surface area contributed by atoms with Gasteiger partial charge >= 0.3 is 0 Å². The number of hydrogen-bond acceptors (Lipinski definition) is 5. The van der Waals surface area contributed by atoms with Crippen molar-refractivity contribution in [2.45, 2.75) is 6.54 Å². The molecule has 0 amide bonds. The maximum Gasteiger partial charge on any atom is 0.269 e. The number of nitrogens with one attached hydrogen (secondary N) is 1. The lowest BCUT2D eigenvalue weighted by Gasteiger charge is -2.09. The first kappa shape index (κ1) is 15.0. The summed E-state index contributed by atoms with van der Waals surface area (Å²) in [5.41, 5.74) is 6.02. The van der Waals surface area contributed by atoms with Crippen molar-refractivity contribution in [3.05, 3.63) is 52.2 Å². The summed E-state index contributed by atoms with van der Waals surface area (Å²) in [6.07, 6.45) is 1.51. The van der Waals surface area contributed by atoms with Gasteiger partial charge in [-0.3, -0.25) is 4.79 Å². The first-order chi connectivity index (χ1) is 10.1. The minimum atomic E-state index is -0.437. The fraction of sp³-hybridized carbons (Fsp3) is 0.286. The highest BCUT2D eigenvalue weighted by molar-refractivity contribution is 5.38. The Morgan fingerprint density at radius 2 is 2.24 bits per heavy atom. The molecule has 1 aromatic carbocycles. The summed E-state index contributed by atoms with van der Waals surface area (Å²) in [7, 11) is 1.47. The van der Waals surface area contributed by atoms with Gasteiger partial charge in [0.2, 0.25) is 0 Å². The zero-order valence-corrected chi connectivity index (χ0v) is 11.7. The van der Waals surface area contributed by atoms with Crippen molar-refractivity contribution in [3.8, 4) is 5.75 Å². The first-order valence-electron chi connectivity index (χ1n) is 6.47. The third-order valence-corrected chi connectivity index (χ3v) is 2.92. The molecule has 2 aromatic rings. The molecule has 0 atom stereocenters. The van der Waals surface area contributed by atoms with Crippen molar-refractivity contribution in [1.82, 2.24) is 9.78 Å². The van der Waals surface area contributed by atoms with Gasteiger partial charge in [-0.25, -0.2) is 9.07 Å². The van der Waals surface area contributed by atoms with Gasteiger partial charge in [0.05, 0.1) is 25.5 Å². The van der Waals surface area contributed by atoms with E-state index in [1.165, 1.54) is 30.1 Å². The summed E-state index contributed by atoms with van der Waals surface area (Å²) >= 11 is 0. The molecular weight excluding hydrogens is 275 g/mol. The zero-order chi connectivity index (χ0) is 15.2. The molecule has 1 heterocycles. The average molecular weight is 292 g/mol. The lowest BCUT2D eigenvalue weighted by molar-refractivity contribution is 0.410. The molecule has 0 saturated carbocycles. The van der Waals surface area contributed by atoms with Crippen LogP contribution in [0.3, 0.4) is 0 Å². The Morgan fingerprint density at radius 3 is 2.86 bits per heavy atom. The van der Waals surface area contributed by atoms with Gasteiger partial charge in [-0.1, -0.05) is 6.07 Å². The maximum absolute atomic E-state index is 13.9. The predicted molar refractivity (Wildman–Crippen MR) is 78.1 cm³/mol. The number of nitrogens with zero attached hydrogens (tertiary/aromatic N) is 2. The Balaban J connectivity index is 2.18. The molecule has 0 saturated heterocycles. The zero-order valence-electron chi connectivity index (χ0n) is 11.7. The van der Waals surface area contributed by atoms with E-state index in [4.69, 9.17) is 10.5 Å². The van der Waals surface area contributed by atoms with Crippen LogP contribution in [0.1, 0.15) is 5.56 Å². The number of hydrogen-bond donors (Lipinski definition) is 2. The van der Waals surface area contributed by atoms with E-state index in [0.717, 1.165) is 0 Å². The van der Waals surface area contributed by atoms with E-state index in [1.807, 2.05) is 0 Å². The molecule has 112 valence electrons. The van der Waals surface area contributed by atoms with Crippen LogP contribution in [0.2, 0.25) is 0 Å². The van der Waals surface area contributed by atoms with E-state index in [9.17, 15) is 9.18 Å². The summed E-state index contributed by atoms with van der Waals surface area (Å²) in [6, 6.07) is 5.89. The second-order valence-electron chi connectivity index (χ2n) is 4.41. The summed E-state index contributed by atoms with van der Waals surface area (Å²) < 4.78 is 20.0. The van der Waals surface area contributed by atoms with Gasteiger partial charge < -0.3 is 15.8 Å². The van der Waals surface area contributed by atoms with Gasteiger partial charge in [0, 0.05) is 30.8 Å². The normalized spacial score (nSPS) is 10.4. The van der Waals surface area contributed by atoms with Crippen LogP contribution in [-0.4, -0.2) is 30.0 Å². The summed E-state index contributed by atoms with van der Waals surface area (Å²) in [4.78, 5) is 11.9. The molecule has 1 aromatic heterocycles. The van der Waals surface area contributed by atoms with Gasteiger partial charge in [0.25, 0.3) is 5.56 Å². The molecule has 0 unspecified atom stereocenters. The Kier molecular flexibility index (Phi) is 4.89. The summed E-state index contributed by atoms with van der Waals surface area (Å²) in [5.74, 6) is -0.00808. The van der Waals surface area contributed by atoms with Crippen molar-refractivity contribution in [3.63, 3.8) is 0 Å². The van der Waals surface area contributed by atoms with Gasteiger partial charge in [-0.05, 0) is 6.07 Å². The van der Waals surface area contributed by atoms with Crippen molar-refractivity contribution >= 4 is 5.69 Å². The Labute approximate surface area is 121 Å². The van der Waals surface area contributed by atoms with Crippen molar-refractivity contribution in [2.75, 3.05) is 25.5 Å². The highest BCUT2D eigenvalue weighted by Crippen LogP contribution is 2.16. The van der Waals surface area contributed by atoms with Gasteiger partial charge in [-0.15, -0.1) is 0 Å². The molecule has 0 spiro atoms. The highest BCUT2D eigenvalue weighted by atomic mass is 19.1. The van der Waals surface area contributed by atoms with Crippen LogP contribution in [0.15, 0.2) is 35.3 Å². The van der Waals surface area contributed by atoms with Crippen molar-refractivity contribution in [1.29, 1.82) is 0 Å². The van der Waals surface area contributed by atoms with Crippen LogP contribution >= 0.6 is 0 Å². The molecule has 0 aliphatic carbocycles. The number of benzene rings is 1. The molecule has 0 radical (unpaired) electrons. The predicted octanol–water partition coefficient (Wildman–Crippen LogP) is 0.810. The summed E-state index contributed by atoms with van der Waals surface area (Å²) in [6.45, 7) is 1.07. The number of halogens is 1. The third kappa shape index (κ3) is 3.79. The van der Waals surface area contributed by atoms with Crippen LogP contribution < -0.4 is 21.3 Å². The molecule has 0 bridgehead atoms. The van der Waals surface area contributed by atoms with E-state index in [2.05, 4.69) is 10.4 Å². The molecular formula is C14H17FN4O2. The smallest absolute Gasteiger partial charge is 0.269 e. The summed E-state index contributed by atoms with van der Waals surface area (Å²) in [5, 5.41) is 6.97. The molecule has 21 heavy (non-hydrogen) atoms. The lowest BCUT2D eigenvalue weighted by atomic mass is 10.2. The average Bonchev–Trinajstić information content (AvgIpc) is 2.49.